The van der Waals surface area contributed by atoms with Crippen LogP contribution < -0.4 is 10.6 Å². The summed E-state index contributed by atoms with van der Waals surface area (Å²) in [5, 5.41) is 14.7. The summed E-state index contributed by atoms with van der Waals surface area (Å²) in [5.41, 5.74) is -0.588. The molecule has 23 heavy (non-hydrogen) atoms. The largest absolute Gasteiger partial charge is 0.394 e. The van der Waals surface area contributed by atoms with Gasteiger partial charge in [0, 0.05) is 6.04 Å². The lowest BCUT2D eigenvalue weighted by molar-refractivity contribution is -0.142. The van der Waals surface area contributed by atoms with E-state index in [4.69, 9.17) is 0 Å². The van der Waals surface area contributed by atoms with Crippen molar-refractivity contribution in [2.75, 3.05) is 6.61 Å². The summed E-state index contributed by atoms with van der Waals surface area (Å²) in [6.07, 6.45) is 7.69. The van der Waals surface area contributed by atoms with Crippen LogP contribution in [0.1, 0.15) is 59.3 Å². The number of carbonyl (C=O) groups excluding carboxylic acids is 2. The molecule has 0 heterocycles. The first-order valence-corrected chi connectivity index (χ1v) is 8.97. The fraction of sp³-hybridized carbons (Fsp3) is 0.889. The van der Waals surface area contributed by atoms with Crippen LogP contribution in [0.25, 0.3) is 0 Å². The van der Waals surface area contributed by atoms with Crippen molar-refractivity contribution in [1.29, 1.82) is 0 Å². The Balaban J connectivity index is 1.62. The van der Waals surface area contributed by atoms with Gasteiger partial charge >= 0.3 is 11.8 Å². The predicted molar refractivity (Wildman–Crippen MR) is 87.5 cm³/mol. The highest BCUT2D eigenvalue weighted by atomic mass is 16.3. The number of rotatable bonds is 4. The van der Waals surface area contributed by atoms with Gasteiger partial charge in [-0.25, -0.2) is 0 Å². The van der Waals surface area contributed by atoms with E-state index in [-0.39, 0.29) is 18.1 Å². The van der Waals surface area contributed by atoms with Crippen LogP contribution in [0.3, 0.4) is 0 Å². The third kappa shape index (κ3) is 3.25. The standard InChI is InChI=1S/C18H30N2O3/c1-11(19-15(22)16(23)20-17(2,3)10-21)18-7-12-4-13(8-18)6-14(5-12)9-18/h11-14,21H,4-10H2,1-3H3,(H,19,22)(H,20,23). The molecule has 5 heteroatoms. The maximum atomic E-state index is 12.2. The lowest BCUT2D eigenvalue weighted by atomic mass is 9.48. The highest BCUT2D eigenvalue weighted by molar-refractivity contribution is 6.35. The molecule has 4 fully saturated rings. The first kappa shape index (κ1) is 16.7. The zero-order chi connectivity index (χ0) is 16.8. The second kappa shape index (κ2) is 5.76. The van der Waals surface area contributed by atoms with Crippen molar-refractivity contribution in [2.24, 2.45) is 23.2 Å². The summed E-state index contributed by atoms with van der Waals surface area (Å²) >= 11 is 0. The van der Waals surface area contributed by atoms with Crippen molar-refractivity contribution in [2.45, 2.75) is 70.9 Å². The van der Waals surface area contributed by atoms with Gasteiger partial charge in [-0.1, -0.05) is 0 Å². The molecule has 3 N–H and O–H groups in total. The lowest BCUT2D eigenvalue weighted by Gasteiger charge is -2.59. The monoisotopic (exact) mass is 322 g/mol. The highest BCUT2D eigenvalue weighted by Gasteiger charge is 2.53. The summed E-state index contributed by atoms with van der Waals surface area (Å²) in [7, 11) is 0. The third-order valence-corrected chi connectivity index (χ3v) is 6.41. The van der Waals surface area contributed by atoms with Gasteiger partial charge < -0.3 is 15.7 Å². The van der Waals surface area contributed by atoms with Crippen LogP contribution in [-0.2, 0) is 9.59 Å². The molecule has 4 aliphatic rings. The van der Waals surface area contributed by atoms with Crippen LogP contribution in [0.5, 0.6) is 0 Å². The van der Waals surface area contributed by atoms with Gasteiger partial charge in [0.1, 0.15) is 0 Å². The molecule has 130 valence electrons. The molecule has 0 radical (unpaired) electrons. The Kier molecular flexibility index (Phi) is 4.20. The maximum absolute atomic E-state index is 12.2. The smallest absolute Gasteiger partial charge is 0.309 e. The van der Waals surface area contributed by atoms with Crippen molar-refractivity contribution in [3.05, 3.63) is 0 Å². The molecule has 2 amide bonds. The van der Waals surface area contributed by atoms with Gasteiger partial charge in [0.05, 0.1) is 12.1 Å². The summed E-state index contributed by atoms with van der Waals surface area (Å²) < 4.78 is 0. The second-order valence-electron chi connectivity index (χ2n) is 8.97. The van der Waals surface area contributed by atoms with Crippen LogP contribution in [0, 0.1) is 23.2 Å². The van der Waals surface area contributed by atoms with E-state index in [9.17, 15) is 14.7 Å². The summed E-state index contributed by atoms with van der Waals surface area (Å²) in [6, 6.07) is 0.0337. The Morgan fingerprint density at radius 1 is 1.09 bits per heavy atom. The van der Waals surface area contributed by atoms with E-state index >= 15 is 0 Å². The van der Waals surface area contributed by atoms with Gasteiger partial charge in [-0.15, -0.1) is 0 Å². The van der Waals surface area contributed by atoms with Crippen LogP contribution in [-0.4, -0.2) is 35.1 Å². The van der Waals surface area contributed by atoms with Gasteiger partial charge in [0.2, 0.25) is 0 Å². The molecule has 0 spiro atoms. The molecule has 4 bridgehead atoms. The van der Waals surface area contributed by atoms with Crippen molar-refractivity contribution in [1.82, 2.24) is 10.6 Å². The molecule has 0 aromatic rings. The van der Waals surface area contributed by atoms with Crippen LogP contribution in [0.4, 0.5) is 0 Å². The molecule has 5 nitrogen and oxygen atoms in total. The van der Waals surface area contributed by atoms with Gasteiger partial charge in [-0.2, -0.15) is 0 Å². The van der Waals surface area contributed by atoms with E-state index in [2.05, 4.69) is 17.6 Å². The molecule has 1 atom stereocenters. The Bertz CT molecular complexity index is 465. The average molecular weight is 322 g/mol. The Labute approximate surface area is 138 Å². The number of carbonyl (C=O) groups is 2. The van der Waals surface area contributed by atoms with Crippen molar-refractivity contribution in [3.63, 3.8) is 0 Å². The van der Waals surface area contributed by atoms with E-state index in [1.165, 1.54) is 38.5 Å². The third-order valence-electron chi connectivity index (χ3n) is 6.41. The minimum absolute atomic E-state index is 0.0337. The van der Waals surface area contributed by atoms with Crippen molar-refractivity contribution in [3.8, 4) is 0 Å². The molecule has 4 aliphatic carbocycles. The predicted octanol–water partition coefficient (Wildman–Crippen LogP) is 1.59. The van der Waals surface area contributed by atoms with Gasteiger partial charge in [-0.3, -0.25) is 9.59 Å². The average Bonchev–Trinajstić information content (AvgIpc) is 2.45. The zero-order valence-electron chi connectivity index (χ0n) is 14.5. The SMILES string of the molecule is CC(NC(=O)C(=O)NC(C)(C)CO)C12CC3CC(CC(C3)C1)C2. The fourth-order valence-electron chi connectivity index (χ4n) is 5.53. The van der Waals surface area contributed by atoms with Crippen molar-refractivity contribution >= 4 is 11.8 Å². The van der Waals surface area contributed by atoms with E-state index in [1.807, 2.05) is 0 Å². The maximum Gasteiger partial charge on any atom is 0.309 e. The van der Waals surface area contributed by atoms with E-state index in [1.54, 1.807) is 13.8 Å². The molecule has 0 aromatic heterocycles. The number of aliphatic hydroxyl groups is 1. The number of aliphatic hydroxyl groups excluding tert-OH is 1. The van der Waals surface area contributed by atoms with Gasteiger partial charge in [0.25, 0.3) is 0 Å². The molecule has 0 aliphatic heterocycles. The summed E-state index contributed by atoms with van der Waals surface area (Å²) in [5.74, 6) is 1.24. The van der Waals surface area contributed by atoms with E-state index < -0.39 is 17.4 Å². The highest BCUT2D eigenvalue weighted by Crippen LogP contribution is 2.61. The summed E-state index contributed by atoms with van der Waals surface area (Å²) in [4.78, 5) is 24.3. The molecule has 1 unspecified atom stereocenters. The number of amides is 2. The lowest BCUT2D eigenvalue weighted by Crippen LogP contribution is -2.58. The fourth-order valence-corrected chi connectivity index (χ4v) is 5.53. The Morgan fingerprint density at radius 2 is 1.57 bits per heavy atom. The molecular weight excluding hydrogens is 292 g/mol. The first-order chi connectivity index (χ1) is 10.7. The van der Waals surface area contributed by atoms with E-state index in [0.717, 1.165) is 17.8 Å². The molecule has 4 saturated carbocycles. The summed E-state index contributed by atoms with van der Waals surface area (Å²) in [6.45, 7) is 5.26. The van der Waals surface area contributed by atoms with Crippen LogP contribution in [0.15, 0.2) is 0 Å². The van der Waals surface area contributed by atoms with E-state index in [0.29, 0.717) is 0 Å². The van der Waals surface area contributed by atoms with Crippen LogP contribution in [0.2, 0.25) is 0 Å². The second-order valence-corrected chi connectivity index (χ2v) is 8.97. The normalized spacial score (nSPS) is 36.6. The van der Waals surface area contributed by atoms with Gasteiger partial charge in [-0.05, 0) is 82.5 Å². The van der Waals surface area contributed by atoms with Gasteiger partial charge in [0.15, 0.2) is 0 Å². The first-order valence-electron chi connectivity index (χ1n) is 8.97. The number of hydrogen-bond acceptors (Lipinski definition) is 3. The molecule has 0 aromatic carbocycles. The minimum atomic E-state index is -0.779. The quantitative estimate of drug-likeness (QED) is 0.688. The number of nitrogens with one attached hydrogen (secondary N) is 2. The Morgan fingerprint density at radius 3 is 2.00 bits per heavy atom. The zero-order valence-corrected chi connectivity index (χ0v) is 14.5. The van der Waals surface area contributed by atoms with Crippen LogP contribution >= 0.6 is 0 Å². The topological polar surface area (TPSA) is 78.4 Å². The Hall–Kier alpha value is -1.10. The molecule has 4 rings (SSSR count). The molecule has 0 saturated heterocycles. The van der Waals surface area contributed by atoms with Crippen molar-refractivity contribution < 1.29 is 14.7 Å². The number of hydrogen-bond donors (Lipinski definition) is 3. The molecular formula is C18H30N2O3. The minimum Gasteiger partial charge on any atom is -0.394 e.